The first-order valence-corrected chi connectivity index (χ1v) is 8.49. The predicted octanol–water partition coefficient (Wildman–Crippen LogP) is 2.13. The summed E-state index contributed by atoms with van der Waals surface area (Å²) >= 11 is 0. The number of amides is 4. The molecule has 2 fully saturated rings. The van der Waals surface area contributed by atoms with Crippen LogP contribution in [0.4, 0.5) is 16.2 Å². The third kappa shape index (κ3) is 3.00. The summed E-state index contributed by atoms with van der Waals surface area (Å²) in [5.74, 6) is -0.842. The van der Waals surface area contributed by atoms with Crippen LogP contribution in [0.15, 0.2) is 24.3 Å². The Labute approximate surface area is 150 Å². The zero-order valence-electron chi connectivity index (χ0n) is 14.4. The summed E-state index contributed by atoms with van der Waals surface area (Å²) in [6.07, 6.45) is 4.04. The molecule has 0 bridgehead atoms. The van der Waals surface area contributed by atoms with Gasteiger partial charge in [-0.15, -0.1) is 0 Å². The molecule has 4 amide bonds. The van der Waals surface area contributed by atoms with Gasteiger partial charge >= 0.3 is 6.03 Å². The molecule has 0 radical (unpaired) electrons. The first-order chi connectivity index (χ1) is 12.3. The SMILES string of the molecule is CN1C(=O)N(CC(=O)Nc2ccc([N+](=O)[O-])cc2)C(=O)C12CCCCC2. The molecule has 1 aromatic carbocycles. The fourth-order valence-electron chi connectivity index (χ4n) is 3.68. The largest absolute Gasteiger partial charge is 0.327 e. The fraction of sp³-hybridized carbons (Fsp3) is 0.471. The van der Waals surface area contributed by atoms with Gasteiger partial charge in [0.1, 0.15) is 12.1 Å². The van der Waals surface area contributed by atoms with Crippen molar-refractivity contribution in [1.29, 1.82) is 0 Å². The van der Waals surface area contributed by atoms with Gasteiger partial charge in [-0.25, -0.2) is 4.79 Å². The second kappa shape index (κ2) is 6.74. The number of carbonyl (C=O) groups is 3. The van der Waals surface area contributed by atoms with Gasteiger partial charge in [0.25, 0.3) is 11.6 Å². The molecule has 1 saturated carbocycles. The van der Waals surface area contributed by atoms with Gasteiger partial charge in [0.05, 0.1) is 4.92 Å². The van der Waals surface area contributed by atoms with Crippen molar-refractivity contribution >= 4 is 29.2 Å². The van der Waals surface area contributed by atoms with Gasteiger partial charge in [-0.05, 0) is 25.0 Å². The molecule has 1 aromatic rings. The van der Waals surface area contributed by atoms with Crippen LogP contribution in [0.3, 0.4) is 0 Å². The number of rotatable bonds is 4. The van der Waals surface area contributed by atoms with E-state index < -0.39 is 22.4 Å². The second-order valence-corrected chi connectivity index (χ2v) is 6.68. The molecule has 0 atom stereocenters. The molecule has 2 aliphatic rings. The Morgan fingerprint density at radius 2 is 1.81 bits per heavy atom. The number of nitro groups is 1. The van der Waals surface area contributed by atoms with Crippen molar-refractivity contribution in [1.82, 2.24) is 9.80 Å². The minimum Gasteiger partial charge on any atom is -0.325 e. The molecule has 9 nitrogen and oxygen atoms in total. The van der Waals surface area contributed by atoms with E-state index in [0.717, 1.165) is 24.2 Å². The van der Waals surface area contributed by atoms with E-state index in [0.29, 0.717) is 18.5 Å². The Bertz CT molecular complexity index is 755. The van der Waals surface area contributed by atoms with E-state index >= 15 is 0 Å². The quantitative estimate of drug-likeness (QED) is 0.502. The van der Waals surface area contributed by atoms with Crippen molar-refractivity contribution in [3.63, 3.8) is 0 Å². The number of benzene rings is 1. The number of urea groups is 1. The minimum absolute atomic E-state index is 0.0891. The second-order valence-electron chi connectivity index (χ2n) is 6.68. The Balaban J connectivity index is 1.68. The first-order valence-electron chi connectivity index (χ1n) is 8.49. The van der Waals surface area contributed by atoms with Crippen LogP contribution in [0.5, 0.6) is 0 Å². The van der Waals surface area contributed by atoms with Gasteiger partial charge in [0.2, 0.25) is 5.91 Å². The number of likely N-dealkylation sites (N-methyl/N-ethyl adjacent to an activating group) is 1. The van der Waals surface area contributed by atoms with Crippen LogP contribution < -0.4 is 5.32 Å². The highest BCUT2D eigenvalue weighted by Crippen LogP contribution is 2.39. The number of imide groups is 1. The van der Waals surface area contributed by atoms with Crippen LogP contribution >= 0.6 is 0 Å². The van der Waals surface area contributed by atoms with Crippen LogP contribution in [-0.2, 0) is 9.59 Å². The van der Waals surface area contributed by atoms with Gasteiger partial charge < -0.3 is 10.2 Å². The van der Waals surface area contributed by atoms with Crippen molar-refractivity contribution in [2.75, 3.05) is 18.9 Å². The lowest BCUT2D eigenvalue weighted by atomic mass is 9.81. The van der Waals surface area contributed by atoms with E-state index in [2.05, 4.69) is 5.32 Å². The molecule has 1 aliphatic heterocycles. The molecule has 0 unspecified atom stereocenters. The van der Waals surface area contributed by atoms with E-state index in [1.807, 2.05) is 0 Å². The van der Waals surface area contributed by atoms with Crippen molar-refractivity contribution in [2.24, 2.45) is 0 Å². The highest BCUT2D eigenvalue weighted by molar-refractivity contribution is 6.10. The average molecular weight is 360 g/mol. The molecular weight excluding hydrogens is 340 g/mol. The number of anilines is 1. The molecular formula is C17H20N4O5. The number of hydrogen-bond acceptors (Lipinski definition) is 5. The summed E-state index contributed by atoms with van der Waals surface area (Å²) in [4.78, 5) is 50.1. The third-order valence-electron chi connectivity index (χ3n) is 5.15. The number of hydrogen-bond donors (Lipinski definition) is 1. The van der Waals surface area contributed by atoms with Crippen LogP contribution in [0.25, 0.3) is 0 Å². The molecule has 1 saturated heterocycles. The van der Waals surface area contributed by atoms with E-state index in [-0.39, 0.29) is 18.1 Å². The maximum absolute atomic E-state index is 12.8. The van der Waals surface area contributed by atoms with E-state index in [1.54, 1.807) is 7.05 Å². The highest BCUT2D eigenvalue weighted by Gasteiger charge is 2.55. The predicted molar refractivity (Wildman–Crippen MR) is 92.4 cm³/mol. The maximum Gasteiger partial charge on any atom is 0.327 e. The van der Waals surface area contributed by atoms with Crippen LogP contribution in [0, 0.1) is 10.1 Å². The van der Waals surface area contributed by atoms with E-state index in [1.165, 1.54) is 29.2 Å². The van der Waals surface area contributed by atoms with Crippen molar-refractivity contribution in [3.05, 3.63) is 34.4 Å². The monoisotopic (exact) mass is 360 g/mol. The molecule has 1 heterocycles. The zero-order valence-corrected chi connectivity index (χ0v) is 14.4. The molecule has 0 aromatic heterocycles. The summed E-state index contributed by atoms with van der Waals surface area (Å²) in [6, 6.07) is 4.88. The van der Waals surface area contributed by atoms with Gasteiger partial charge in [-0.3, -0.25) is 24.6 Å². The smallest absolute Gasteiger partial charge is 0.325 e. The summed E-state index contributed by atoms with van der Waals surface area (Å²) < 4.78 is 0. The summed E-state index contributed by atoms with van der Waals surface area (Å²) in [7, 11) is 1.61. The normalized spacial score (nSPS) is 19.1. The lowest BCUT2D eigenvalue weighted by Gasteiger charge is -2.35. The number of nitro benzene ring substituents is 1. The standard InChI is InChI=1S/C17H20N4O5/c1-19-16(24)20(15(23)17(19)9-3-2-4-10-17)11-14(22)18-12-5-7-13(8-6-12)21(25)26/h5-8H,2-4,9-11H2,1H3,(H,18,22). The number of non-ortho nitro benzene ring substituents is 1. The van der Waals surface area contributed by atoms with Gasteiger partial charge in [0.15, 0.2) is 0 Å². The fourth-order valence-corrected chi connectivity index (χ4v) is 3.68. The lowest BCUT2D eigenvalue weighted by molar-refractivity contribution is -0.384. The Morgan fingerprint density at radius 3 is 2.38 bits per heavy atom. The van der Waals surface area contributed by atoms with Crippen LogP contribution in [-0.4, -0.2) is 51.7 Å². The zero-order chi connectivity index (χ0) is 18.9. The topological polar surface area (TPSA) is 113 Å². The van der Waals surface area contributed by atoms with Gasteiger partial charge in [-0.2, -0.15) is 0 Å². The minimum atomic E-state index is -0.816. The molecule has 3 rings (SSSR count). The number of carbonyl (C=O) groups excluding carboxylic acids is 3. The number of nitrogens with one attached hydrogen (secondary N) is 1. The Morgan fingerprint density at radius 1 is 1.19 bits per heavy atom. The van der Waals surface area contributed by atoms with Crippen molar-refractivity contribution in [3.8, 4) is 0 Å². The Hall–Kier alpha value is -2.97. The third-order valence-corrected chi connectivity index (χ3v) is 5.15. The van der Waals surface area contributed by atoms with Crippen LogP contribution in [0.1, 0.15) is 32.1 Å². The van der Waals surface area contributed by atoms with Crippen molar-refractivity contribution < 1.29 is 19.3 Å². The van der Waals surface area contributed by atoms with Gasteiger partial charge in [-0.1, -0.05) is 19.3 Å². The van der Waals surface area contributed by atoms with E-state index in [9.17, 15) is 24.5 Å². The highest BCUT2D eigenvalue weighted by atomic mass is 16.6. The first kappa shape index (κ1) is 17.8. The van der Waals surface area contributed by atoms with Crippen LogP contribution in [0.2, 0.25) is 0 Å². The molecule has 1 spiro atoms. The van der Waals surface area contributed by atoms with Crippen molar-refractivity contribution in [2.45, 2.75) is 37.6 Å². The summed E-state index contributed by atoms with van der Waals surface area (Å²) in [6.45, 7) is -0.374. The Kier molecular flexibility index (Phi) is 4.62. The van der Waals surface area contributed by atoms with Gasteiger partial charge in [0, 0.05) is 24.9 Å². The molecule has 138 valence electrons. The van der Waals surface area contributed by atoms with E-state index in [4.69, 9.17) is 0 Å². The lowest BCUT2D eigenvalue weighted by Crippen LogP contribution is -2.49. The molecule has 9 heteroatoms. The summed E-state index contributed by atoms with van der Waals surface area (Å²) in [5, 5.41) is 13.2. The molecule has 26 heavy (non-hydrogen) atoms. The average Bonchev–Trinajstić information content (AvgIpc) is 2.79. The molecule has 1 N–H and O–H groups in total. The number of nitrogens with zero attached hydrogens (tertiary/aromatic N) is 3. The molecule has 1 aliphatic carbocycles. The summed E-state index contributed by atoms with van der Waals surface area (Å²) in [5.41, 5.74) is -0.544. The maximum atomic E-state index is 12.8.